The SMILES string of the molecule is Cc1ccc(C(c2ccccc2C)N2CCCC(C(=O)O)C2)nc1. The van der Waals surface area contributed by atoms with Gasteiger partial charge in [-0.15, -0.1) is 0 Å². The summed E-state index contributed by atoms with van der Waals surface area (Å²) in [5.41, 5.74) is 4.53. The Kier molecular flexibility index (Phi) is 4.95. The third-order valence-corrected chi connectivity index (χ3v) is 4.86. The Morgan fingerprint density at radius 2 is 2.04 bits per heavy atom. The molecule has 0 saturated carbocycles. The van der Waals surface area contributed by atoms with Gasteiger partial charge in [-0.3, -0.25) is 14.7 Å². The second-order valence-electron chi connectivity index (χ2n) is 6.69. The Labute approximate surface area is 143 Å². The highest BCUT2D eigenvalue weighted by atomic mass is 16.4. The van der Waals surface area contributed by atoms with Crippen molar-refractivity contribution in [3.05, 3.63) is 65.0 Å². The summed E-state index contributed by atoms with van der Waals surface area (Å²) < 4.78 is 0. The summed E-state index contributed by atoms with van der Waals surface area (Å²) in [6, 6.07) is 12.5. The second kappa shape index (κ2) is 7.14. The Morgan fingerprint density at radius 3 is 2.71 bits per heavy atom. The summed E-state index contributed by atoms with van der Waals surface area (Å²) in [6.07, 6.45) is 3.55. The molecular weight excluding hydrogens is 300 g/mol. The van der Waals surface area contributed by atoms with E-state index < -0.39 is 5.97 Å². The van der Waals surface area contributed by atoms with Crippen LogP contribution in [0.2, 0.25) is 0 Å². The monoisotopic (exact) mass is 324 g/mol. The van der Waals surface area contributed by atoms with Crippen molar-refractivity contribution in [2.24, 2.45) is 5.92 Å². The summed E-state index contributed by atoms with van der Waals surface area (Å²) in [6.45, 7) is 5.61. The first kappa shape index (κ1) is 16.7. The van der Waals surface area contributed by atoms with Crippen LogP contribution in [0, 0.1) is 19.8 Å². The Bertz CT molecular complexity index is 712. The highest BCUT2D eigenvalue weighted by Crippen LogP contribution is 2.33. The lowest BCUT2D eigenvalue weighted by molar-refractivity contribution is -0.143. The van der Waals surface area contributed by atoms with Crippen LogP contribution in [0.15, 0.2) is 42.6 Å². The van der Waals surface area contributed by atoms with Gasteiger partial charge < -0.3 is 5.11 Å². The van der Waals surface area contributed by atoms with Crippen molar-refractivity contribution in [1.82, 2.24) is 9.88 Å². The van der Waals surface area contributed by atoms with Crippen molar-refractivity contribution >= 4 is 5.97 Å². The quantitative estimate of drug-likeness (QED) is 0.934. The van der Waals surface area contributed by atoms with E-state index in [2.05, 4.69) is 41.1 Å². The van der Waals surface area contributed by atoms with E-state index >= 15 is 0 Å². The van der Waals surface area contributed by atoms with E-state index in [0.29, 0.717) is 6.54 Å². The van der Waals surface area contributed by atoms with Crippen molar-refractivity contribution in [1.29, 1.82) is 0 Å². The fourth-order valence-electron chi connectivity index (χ4n) is 3.52. The number of carboxylic acids is 1. The first-order valence-electron chi connectivity index (χ1n) is 8.51. The number of hydrogen-bond donors (Lipinski definition) is 1. The smallest absolute Gasteiger partial charge is 0.307 e. The molecule has 2 unspecified atom stereocenters. The van der Waals surface area contributed by atoms with Gasteiger partial charge in [0.2, 0.25) is 0 Å². The minimum Gasteiger partial charge on any atom is -0.481 e. The lowest BCUT2D eigenvalue weighted by Gasteiger charge is -2.37. The maximum absolute atomic E-state index is 11.5. The third kappa shape index (κ3) is 3.49. The molecule has 2 heterocycles. The summed E-state index contributed by atoms with van der Waals surface area (Å²) in [7, 11) is 0. The van der Waals surface area contributed by atoms with Gasteiger partial charge in [-0.1, -0.05) is 30.3 Å². The standard InChI is InChI=1S/C20H24N2O2/c1-14-9-10-18(21-12-14)19(17-8-4-3-6-15(17)2)22-11-5-7-16(13-22)20(23)24/h3-4,6,8-10,12,16,19H,5,7,11,13H2,1-2H3,(H,23,24). The lowest BCUT2D eigenvalue weighted by atomic mass is 9.91. The van der Waals surface area contributed by atoms with E-state index in [-0.39, 0.29) is 12.0 Å². The zero-order chi connectivity index (χ0) is 17.1. The molecule has 3 rings (SSSR count). The number of benzene rings is 1. The Hall–Kier alpha value is -2.20. The van der Waals surface area contributed by atoms with Gasteiger partial charge in [0.25, 0.3) is 0 Å². The number of aliphatic carboxylic acids is 1. The molecule has 0 spiro atoms. The zero-order valence-electron chi connectivity index (χ0n) is 14.3. The first-order chi connectivity index (χ1) is 11.6. The van der Waals surface area contributed by atoms with Crippen molar-refractivity contribution in [3.8, 4) is 0 Å². The summed E-state index contributed by atoms with van der Waals surface area (Å²) >= 11 is 0. The van der Waals surface area contributed by atoms with Crippen LogP contribution >= 0.6 is 0 Å². The van der Waals surface area contributed by atoms with Gasteiger partial charge in [0, 0.05) is 12.7 Å². The number of rotatable bonds is 4. The van der Waals surface area contributed by atoms with Gasteiger partial charge in [0.05, 0.1) is 17.7 Å². The molecule has 0 radical (unpaired) electrons. The number of pyridine rings is 1. The number of piperidine rings is 1. The molecule has 1 saturated heterocycles. The molecule has 1 N–H and O–H groups in total. The van der Waals surface area contributed by atoms with Crippen LogP contribution in [0.3, 0.4) is 0 Å². The largest absolute Gasteiger partial charge is 0.481 e. The summed E-state index contributed by atoms with van der Waals surface area (Å²) in [5, 5.41) is 9.43. The first-order valence-corrected chi connectivity index (χ1v) is 8.51. The number of carbonyl (C=O) groups is 1. The predicted octanol–water partition coefficient (Wildman–Crippen LogP) is 3.58. The molecule has 1 aliphatic rings. The molecule has 2 atom stereocenters. The van der Waals surface area contributed by atoms with E-state index in [0.717, 1.165) is 30.6 Å². The molecule has 1 aromatic carbocycles. The predicted molar refractivity (Wildman–Crippen MR) is 93.9 cm³/mol. The molecule has 24 heavy (non-hydrogen) atoms. The zero-order valence-corrected chi connectivity index (χ0v) is 14.3. The fraction of sp³-hybridized carbons (Fsp3) is 0.400. The highest BCUT2D eigenvalue weighted by Gasteiger charge is 2.32. The summed E-state index contributed by atoms with van der Waals surface area (Å²) in [4.78, 5) is 18.4. The molecule has 4 heteroatoms. The third-order valence-electron chi connectivity index (χ3n) is 4.86. The van der Waals surface area contributed by atoms with Gasteiger partial charge in [-0.2, -0.15) is 0 Å². The van der Waals surface area contributed by atoms with Crippen LogP contribution in [-0.2, 0) is 4.79 Å². The van der Waals surface area contributed by atoms with Crippen LogP contribution in [-0.4, -0.2) is 34.0 Å². The van der Waals surface area contributed by atoms with Crippen molar-refractivity contribution in [3.63, 3.8) is 0 Å². The molecule has 1 aliphatic heterocycles. The number of aryl methyl sites for hydroxylation is 2. The van der Waals surface area contributed by atoms with Gasteiger partial charge >= 0.3 is 5.97 Å². The molecule has 0 amide bonds. The maximum Gasteiger partial charge on any atom is 0.307 e. The highest BCUT2D eigenvalue weighted by molar-refractivity contribution is 5.70. The normalized spacial score (nSPS) is 19.8. The average molecular weight is 324 g/mol. The minimum atomic E-state index is -0.694. The molecule has 2 aromatic rings. The van der Waals surface area contributed by atoms with Crippen LogP contribution in [0.1, 0.15) is 41.3 Å². The van der Waals surface area contributed by atoms with Crippen LogP contribution in [0.4, 0.5) is 0 Å². The topological polar surface area (TPSA) is 53.4 Å². The van der Waals surface area contributed by atoms with Gasteiger partial charge in [0.15, 0.2) is 0 Å². The molecule has 1 fully saturated rings. The summed E-state index contributed by atoms with van der Waals surface area (Å²) in [5.74, 6) is -0.990. The van der Waals surface area contributed by atoms with E-state index in [1.807, 2.05) is 25.3 Å². The van der Waals surface area contributed by atoms with Gasteiger partial charge in [-0.25, -0.2) is 0 Å². The van der Waals surface area contributed by atoms with Gasteiger partial charge in [0.1, 0.15) is 0 Å². The number of carboxylic acid groups (broad SMARTS) is 1. The van der Waals surface area contributed by atoms with Crippen LogP contribution in [0.5, 0.6) is 0 Å². The van der Waals surface area contributed by atoms with Crippen LogP contribution in [0.25, 0.3) is 0 Å². The molecule has 0 bridgehead atoms. The van der Waals surface area contributed by atoms with Gasteiger partial charge in [-0.05, 0) is 56.0 Å². The molecule has 1 aromatic heterocycles. The molecule has 126 valence electrons. The van der Waals surface area contributed by atoms with E-state index in [1.165, 1.54) is 11.1 Å². The number of nitrogens with zero attached hydrogens (tertiary/aromatic N) is 2. The van der Waals surface area contributed by atoms with Crippen molar-refractivity contribution < 1.29 is 9.90 Å². The molecule has 4 nitrogen and oxygen atoms in total. The van der Waals surface area contributed by atoms with Crippen molar-refractivity contribution in [2.45, 2.75) is 32.7 Å². The Morgan fingerprint density at radius 1 is 1.25 bits per heavy atom. The maximum atomic E-state index is 11.5. The van der Waals surface area contributed by atoms with E-state index in [9.17, 15) is 9.90 Å². The molecular formula is C20H24N2O2. The van der Waals surface area contributed by atoms with Crippen molar-refractivity contribution in [2.75, 3.05) is 13.1 Å². The number of likely N-dealkylation sites (tertiary alicyclic amines) is 1. The Balaban J connectivity index is 2.00. The van der Waals surface area contributed by atoms with Crippen LogP contribution < -0.4 is 0 Å². The number of hydrogen-bond acceptors (Lipinski definition) is 3. The fourth-order valence-corrected chi connectivity index (χ4v) is 3.52. The minimum absolute atomic E-state index is 0.00829. The number of aromatic nitrogens is 1. The lowest BCUT2D eigenvalue weighted by Crippen LogP contribution is -2.41. The average Bonchev–Trinajstić information content (AvgIpc) is 2.59. The van der Waals surface area contributed by atoms with E-state index in [4.69, 9.17) is 0 Å². The molecule has 0 aliphatic carbocycles. The van der Waals surface area contributed by atoms with E-state index in [1.54, 1.807) is 0 Å². The second-order valence-corrected chi connectivity index (χ2v) is 6.69.